The molecule has 6 heteroatoms. The molecule has 0 saturated carbocycles. The van der Waals surface area contributed by atoms with Gasteiger partial charge in [0.15, 0.2) is 0 Å². The molecular weight excluding hydrogens is 327 g/mol. The molecule has 0 saturated heterocycles. The standard InChI is InChI=1S/2C8H17O2.Cu.Li/c2*1-3-5-6-7-10-8-9-4-2;;/h2*3H,4-8H2,1-2H3;;. The van der Waals surface area contributed by atoms with Crippen LogP contribution in [0.5, 0.6) is 0 Å². The van der Waals surface area contributed by atoms with Crippen LogP contribution in [0.2, 0.25) is 9.63 Å². The average molecular weight is 361 g/mol. The molecule has 134 valence electrons. The smallest absolute Gasteiger partial charge is 0 e. The summed E-state index contributed by atoms with van der Waals surface area (Å²) in [5.41, 5.74) is 0. The van der Waals surface area contributed by atoms with Gasteiger partial charge in [-0.2, -0.15) is 0 Å². The SMILES string of the molecule is CCOCOCCC[CH](C)[Cu][CH](C)CCCOCOCC.[Li]. The second kappa shape index (κ2) is 20.0. The summed E-state index contributed by atoms with van der Waals surface area (Å²) in [5, 5.41) is 0. The van der Waals surface area contributed by atoms with Gasteiger partial charge >= 0.3 is 137 Å². The molecule has 0 aromatic rings. The third-order valence-electron chi connectivity index (χ3n) is 2.82. The zero-order valence-corrected chi connectivity index (χ0v) is 16.1. The van der Waals surface area contributed by atoms with Crippen molar-refractivity contribution in [2.24, 2.45) is 0 Å². The molecule has 0 aliphatic rings. The van der Waals surface area contributed by atoms with Crippen molar-refractivity contribution in [1.82, 2.24) is 0 Å². The van der Waals surface area contributed by atoms with E-state index >= 15 is 0 Å². The molecule has 2 unspecified atom stereocenters. The minimum Gasteiger partial charge on any atom is 0 e. The third kappa shape index (κ3) is 19.0. The quantitative estimate of drug-likeness (QED) is 0.238. The molecule has 0 fully saturated rings. The van der Waals surface area contributed by atoms with Crippen molar-refractivity contribution >= 4 is 18.9 Å². The van der Waals surface area contributed by atoms with E-state index in [1.54, 1.807) is 0 Å². The Labute approximate surface area is 155 Å². The van der Waals surface area contributed by atoms with Gasteiger partial charge in [-0.1, -0.05) is 0 Å². The summed E-state index contributed by atoms with van der Waals surface area (Å²) in [6, 6.07) is 0. The van der Waals surface area contributed by atoms with Crippen molar-refractivity contribution in [3.63, 3.8) is 0 Å². The topological polar surface area (TPSA) is 36.9 Å². The van der Waals surface area contributed by atoms with Crippen molar-refractivity contribution in [2.45, 2.75) is 63.0 Å². The van der Waals surface area contributed by atoms with Crippen molar-refractivity contribution in [2.75, 3.05) is 40.0 Å². The zero-order valence-electron chi connectivity index (χ0n) is 15.2. The van der Waals surface area contributed by atoms with Crippen molar-refractivity contribution < 1.29 is 33.9 Å². The predicted octanol–water partition coefficient (Wildman–Crippen LogP) is 3.89. The molecule has 0 aromatic heterocycles. The summed E-state index contributed by atoms with van der Waals surface area (Å²) in [6.45, 7) is 12.4. The van der Waals surface area contributed by atoms with E-state index in [2.05, 4.69) is 28.8 Å². The maximum atomic E-state index is 5.38. The molecule has 0 heterocycles. The van der Waals surface area contributed by atoms with E-state index in [0.717, 1.165) is 39.3 Å². The summed E-state index contributed by atoms with van der Waals surface area (Å²) in [4.78, 5) is 1.34. The van der Waals surface area contributed by atoms with Gasteiger partial charge in [0, 0.05) is 18.9 Å². The Morgan fingerprint density at radius 2 is 1.14 bits per heavy atom. The normalized spacial score (nSPS) is 13.8. The van der Waals surface area contributed by atoms with Crippen LogP contribution in [0.25, 0.3) is 0 Å². The van der Waals surface area contributed by atoms with Crippen molar-refractivity contribution in [3.8, 4) is 0 Å². The van der Waals surface area contributed by atoms with Crippen LogP contribution in [-0.2, 0) is 33.9 Å². The monoisotopic (exact) mass is 360 g/mol. The van der Waals surface area contributed by atoms with Gasteiger partial charge in [0.1, 0.15) is 0 Å². The summed E-state index contributed by atoms with van der Waals surface area (Å²) in [5.74, 6) is 0. The second-order valence-electron chi connectivity index (χ2n) is 4.83. The van der Waals surface area contributed by atoms with Crippen molar-refractivity contribution in [3.05, 3.63) is 0 Å². The van der Waals surface area contributed by atoms with Gasteiger partial charge in [-0.15, -0.1) is 0 Å². The summed E-state index contributed by atoms with van der Waals surface area (Å²) >= 11 is 2.16. The molecule has 0 N–H and O–H groups in total. The van der Waals surface area contributed by atoms with Gasteiger partial charge in [0.2, 0.25) is 0 Å². The molecule has 2 atom stereocenters. The van der Waals surface area contributed by atoms with Crippen LogP contribution in [0.15, 0.2) is 0 Å². The summed E-state index contributed by atoms with van der Waals surface area (Å²) < 4.78 is 21.0. The maximum absolute atomic E-state index is 5.38. The van der Waals surface area contributed by atoms with Gasteiger partial charge in [-0.25, -0.2) is 0 Å². The van der Waals surface area contributed by atoms with Gasteiger partial charge < -0.3 is 0 Å². The van der Waals surface area contributed by atoms with E-state index in [1.807, 2.05) is 13.8 Å². The predicted molar refractivity (Wildman–Crippen MR) is 88.0 cm³/mol. The molecule has 0 rings (SSSR count). The fourth-order valence-corrected chi connectivity index (χ4v) is 3.31. The minimum atomic E-state index is 0. The van der Waals surface area contributed by atoms with Crippen LogP contribution in [0.4, 0.5) is 0 Å². The molecule has 0 aliphatic carbocycles. The van der Waals surface area contributed by atoms with Gasteiger partial charge in [0.25, 0.3) is 0 Å². The molecule has 1 radical (unpaired) electrons. The first-order valence-corrected chi connectivity index (χ1v) is 9.13. The van der Waals surface area contributed by atoms with Crippen LogP contribution in [0.1, 0.15) is 53.4 Å². The fourth-order valence-electron chi connectivity index (χ4n) is 1.70. The average Bonchev–Trinajstić information content (AvgIpc) is 2.46. The molecule has 4 nitrogen and oxygen atoms in total. The van der Waals surface area contributed by atoms with Crippen LogP contribution in [-0.4, -0.2) is 58.9 Å². The first kappa shape index (κ1) is 25.2. The van der Waals surface area contributed by atoms with E-state index in [9.17, 15) is 0 Å². The van der Waals surface area contributed by atoms with E-state index in [0.29, 0.717) is 23.2 Å². The van der Waals surface area contributed by atoms with Gasteiger partial charge in [-0.05, 0) is 0 Å². The molecular formula is C16H34CuLiO4. The van der Waals surface area contributed by atoms with E-state index < -0.39 is 0 Å². The molecule has 0 spiro atoms. The Morgan fingerprint density at radius 1 is 0.727 bits per heavy atom. The van der Waals surface area contributed by atoms with Gasteiger partial charge in [-0.3, -0.25) is 0 Å². The van der Waals surface area contributed by atoms with Crippen LogP contribution in [0, 0.1) is 0 Å². The van der Waals surface area contributed by atoms with Crippen LogP contribution >= 0.6 is 0 Å². The first-order chi connectivity index (χ1) is 10.2. The van der Waals surface area contributed by atoms with Gasteiger partial charge in [0.05, 0.1) is 0 Å². The number of rotatable bonds is 16. The van der Waals surface area contributed by atoms with Crippen LogP contribution < -0.4 is 0 Å². The Kier molecular flexibility index (Phi) is 22.9. The Hall–Kier alpha value is 0.957. The molecule has 0 aliphatic heterocycles. The maximum Gasteiger partial charge on any atom is 0 e. The Morgan fingerprint density at radius 3 is 1.50 bits per heavy atom. The number of hydrogen-bond donors (Lipinski definition) is 0. The molecule has 22 heavy (non-hydrogen) atoms. The second-order valence-corrected chi connectivity index (χ2v) is 7.00. The molecule has 0 amide bonds. The zero-order chi connectivity index (χ0) is 15.8. The molecule has 0 aromatic carbocycles. The number of ether oxygens (including phenoxy) is 4. The van der Waals surface area contributed by atoms with E-state index in [-0.39, 0.29) is 18.9 Å². The van der Waals surface area contributed by atoms with E-state index in [1.165, 1.54) is 12.8 Å². The van der Waals surface area contributed by atoms with E-state index in [4.69, 9.17) is 18.9 Å². The van der Waals surface area contributed by atoms with Crippen molar-refractivity contribution in [1.29, 1.82) is 0 Å². The summed E-state index contributed by atoms with van der Waals surface area (Å²) in [7, 11) is 0. The Balaban J connectivity index is 0. The third-order valence-corrected chi connectivity index (χ3v) is 4.44. The van der Waals surface area contributed by atoms with Crippen LogP contribution in [0.3, 0.4) is 0 Å². The summed E-state index contributed by atoms with van der Waals surface area (Å²) in [6.07, 6.45) is 4.58. The fraction of sp³-hybridized carbons (Fsp3) is 1.00. The molecule has 0 bridgehead atoms. The Bertz CT molecular complexity index is 191. The number of hydrogen-bond acceptors (Lipinski definition) is 4. The first-order valence-electron chi connectivity index (χ1n) is 8.04. The minimum absolute atomic E-state index is 0. The largest absolute Gasteiger partial charge is 0 e.